The third-order valence-corrected chi connectivity index (χ3v) is 6.61. The Labute approximate surface area is 177 Å². The number of carbonyl (C=O) groups is 1. The van der Waals surface area contributed by atoms with Gasteiger partial charge in [-0.15, -0.1) is 0 Å². The molecule has 0 spiro atoms. The maximum Gasteiger partial charge on any atom is 0.287 e. The lowest BCUT2D eigenvalue weighted by atomic mass is 10.2. The van der Waals surface area contributed by atoms with E-state index in [4.69, 9.17) is 4.42 Å². The smallest absolute Gasteiger partial charge is 0.287 e. The zero-order valence-corrected chi connectivity index (χ0v) is 18.0. The molecule has 0 fully saturated rings. The fourth-order valence-corrected chi connectivity index (χ4v) is 4.78. The number of nitrogens with one attached hydrogen (secondary N) is 1. The quantitative estimate of drug-likeness (QED) is 0.563. The van der Waals surface area contributed by atoms with Gasteiger partial charge in [-0.25, -0.2) is 8.42 Å². The number of hydrogen-bond acceptors (Lipinski definition) is 5. The highest BCUT2D eigenvalue weighted by molar-refractivity contribution is 7.90. The highest BCUT2D eigenvalue weighted by Gasteiger charge is 2.20. The first-order valence-electron chi connectivity index (χ1n) is 9.86. The topological polar surface area (TPSA) is 79.6 Å². The van der Waals surface area contributed by atoms with E-state index in [1.807, 2.05) is 30.3 Å². The van der Waals surface area contributed by atoms with Gasteiger partial charge in [-0.1, -0.05) is 36.4 Å². The second-order valence-electron chi connectivity index (χ2n) is 6.96. The van der Waals surface area contributed by atoms with Crippen molar-refractivity contribution in [3.05, 3.63) is 83.8 Å². The van der Waals surface area contributed by atoms with Gasteiger partial charge in [0.2, 0.25) is 0 Å². The number of hydrogen-bond donors (Lipinski definition) is 1. The Kier molecular flexibility index (Phi) is 6.95. The predicted molar refractivity (Wildman–Crippen MR) is 117 cm³/mol. The molecule has 0 aliphatic heterocycles. The Morgan fingerprint density at radius 1 is 1.00 bits per heavy atom. The molecule has 2 aromatic carbocycles. The maximum atomic E-state index is 12.7. The number of sulfone groups is 1. The van der Waals surface area contributed by atoms with Gasteiger partial charge in [-0.3, -0.25) is 4.79 Å². The van der Waals surface area contributed by atoms with E-state index >= 15 is 0 Å². The molecule has 0 aliphatic rings. The highest BCUT2D eigenvalue weighted by atomic mass is 32.2. The molecule has 0 unspecified atom stereocenters. The van der Waals surface area contributed by atoms with Crippen molar-refractivity contribution in [2.75, 3.05) is 24.5 Å². The third-order valence-electron chi connectivity index (χ3n) is 4.82. The number of amides is 1. The van der Waals surface area contributed by atoms with Crippen molar-refractivity contribution in [3.63, 3.8) is 0 Å². The van der Waals surface area contributed by atoms with Crippen molar-refractivity contribution in [2.45, 2.75) is 24.5 Å². The number of aryl methyl sites for hydroxylation is 1. The van der Waals surface area contributed by atoms with Crippen LogP contribution in [-0.2, 0) is 15.6 Å². The molecule has 0 atom stereocenters. The first-order chi connectivity index (χ1) is 14.4. The van der Waals surface area contributed by atoms with Gasteiger partial charge in [0, 0.05) is 25.3 Å². The van der Waals surface area contributed by atoms with Crippen LogP contribution in [0.5, 0.6) is 0 Å². The summed E-state index contributed by atoms with van der Waals surface area (Å²) in [7, 11) is -3.55. The van der Waals surface area contributed by atoms with Gasteiger partial charge in [0.15, 0.2) is 15.6 Å². The Bertz CT molecular complexity index is 1090. The van der Waals surface area contributed by atoms with Crippen LogP contribution in [0.4, 0.5) is 5.69 Å². The van der Waals surface area contributed by atoms with E-state index in [-0.39, 0.29) is 28.1 Å². The molecule has 158 valence electrons. The van der Waals surface area contributed by atoms with Gasteiger partial charge in [-0.05, 0) is 49.7 Å². The molecule has 0 saturated carbocycles. The van der Waals surface area contributed by atoms with Crippen molar-refractivity contribution >= 4 is 21.4 Å². The number of para-hydroxylation sites is 1. The molecule has 6 nitrogen and oxygen atoms in total. The van der Waals surface area contributed by atoms with Crippen LogP contribution in [-0.4, -0.2) is 34.0 Å². The van der Waals surface area contributed by atoms with Gasteiger partial charge in [-0.2, -0.15) is 0 Å². The largest absolute Gasteiger partial charge is 0.455 e. The fraction of sp³-hybridized carbons (Fsp3) is 0.261. The normalized spacial score (nSPS) is 11.3. The second-order valence-corrected chi connectivity index (χ2v) is 8.92. The molecule has 0 saturated heterocycles. The molecule has 3 aromatic rings. The molecule has 1 aromatic heterocycles. The lowest BCUT2D eigenvalue weighted by molar-refractivity contribution is 0.0925. The Morgan fingerprint density at radius 2 is 1.70 bits per heavy atom. The molecule has 0 bridgehead atoms. The zero-order valence-electron chi connectivity index (χ0n) is 17.2. The van der Waals surface area contributed by atoms with E-state index in [1.165, 1.54) is 12.1 Å². The van der Waals surface area contributed by atoms with Crippen LogP contribution in [0.1, 0.15) is 28.8 Å². The fourth-order valence-electron chi connectivity index (χ4n) is 3.25. The van der Waals surface area contributed by atoms with Gasteiger partial charge in [0.05, 0.1) is 4.90 Å². The maximum absolute atomic E-state index is 12.7. The van der Waals surface area contributed by atoms with Crippen LogP contribution in [0.3, 0.4) is 0 Å². The van der Waals surface area contributed by atoms with Crippen molar-refractivity contribution in [3.8, 4) is 0 Å². The Balaban J connectivity index is 1.58. The number of benzene rings is 2. The SMILES string of the molecule is CCN(CCNC(=O)c1ccc(CS(=O)(=O)c2ccccc2C)o1)c1ccccc1. The van der Waals surface area contributed by atoms with Gasteiger partial charge < -0.3 is 14.6 Å². The summed E-state index contributed by atoms with van der Waals surface area (Å²) in [4.78, 5) is 14.8. The first-order valence-corrected chi connectivity index (χ1v) is 11.5. The number of rotatable bonds is 9. The summed E-state index contributed by atoms with van der Waals surface area (Å²) in [5.41, 5.74) is 1.77. The number of likely N-dealkylation sites (N-methyl/N-ethyl adjacent to an activating group) is 1. The summed E-state index contributed by atoms with van der Waals surface area (Å²) in [5.74, 6) is -0.308. The molecule has 1 heterocycles. The predicted octanol–water partition coefficient (Wildman–Crippen LogP) is 3.82. The van der Waals surface area contributed by atoms with Gasteiger partial charge in [0.1, 0.15) is 11.5 Å². The molecule has 30 heavy (non-hydrogen) atoms. The zero-order chi connectivity index (χ0) is 21.6. The molecule has 1 N–H and O–H groups in total. The Hall–Kier alpha value is -3.06. The third kappa shape index (κ3) is 5.30. The summed E-state index contributed by atoms with van der Waals surface area (Å²) in [6, 6.07) is 19.8. The van der Waals surface area contributed by atoms with Crippen molar-refractivity contribution in [1.29, 1.82) is 0 Å². The molecule has 1 amide bonds. The summed E-state index contributed by atoms with van der Waals surface area (Å²) in [6.07, 6.45) is 0. The summed E-state index contributed by atoms with van der Waals surface area (Å²) in [5, 5.41) is 2.83. The minimum Gasteiger partial charge on any atom is -0.455 e. The Morgan fingerprint density at radius 3 is 2.40 bits per heavy atom. The standard InChI is InChI=1S/C23H26N2O4S/c1-3-25(19-10-5-4-6-11-19)16-15-24-23(26)21-14-13-20(29-21)17-30(27,28)22-12-8-7-9-18(22)2/h4-14H,3,15-17H2,1-2H3,(H,24,26). The first kappa shape index (κ1) is 21.6. The number of furan rings is 1. The average molecular weight is 427 g/mol. The molecule has 3 rings (SSSR count). The van der Waals surface area contributed by atoms with Crippen LogP contribution < -0.4 is 10.2 Å². The molecular weight excluding hydrogens is 400 g/mol. The number of carbonyl (C=O) groups excluding carboxylic acids is 1. The summed E-state index contributed by atoms with van der Waals surface area (Å²) >= 11 is 0. The number of nitrogens with zero attached hydrogens (tertiary/aromatic N) is 1. The molecular formula is C23H26N2O4S. The van der Waals surface area contributed by atoms with Crippen molar-refractivity contribution < 1.29 is 17.6 Å². The van der Waals surface area contributed by atoms with E-state index in [9.17, 15) is 13.2 Å². The minimum absolute atomic E-state index is 0.104. The average Bonchev–Trinajstić information content (AvgIpc) is 3.20. The minimum atomic E-state index is -3.55. The van der Waals surface area contributed by atoms with E-state index in [2.05, 4.69) is 17.1 Å². The summed E-state index contributed by atoms with van der Waals surface area (Å²) in [6.45, 7) is 5.73. The van der Waals surface area contributed by atoms with Gasteiger partial charge in [0.25, 0.3) is 5.91 Å². The van der Waals surface area contributed by atoms with Crippen LogP contribution in [0.15, 0.2) is 76.0 Å². The lowest BCUT2D eigenvalue weighted by Crippen LogP contribution is -2.34. The summed E-state index contributed by atoms with van der Waals surface area (Å²) < 4.78 is 30.8. The van der Waals surface area contributed by atoms with E-state index in [0.29, 0.717) is 18.7 Å². The van der Waals surface area contributed by atoms with Crippen molar-refractivity contribution in [2.24, 2.45) is 0 Å². The number of anilines is 1. The van der Waals surface area contributed by atoms with Crippen LogP contribution >= 0.6 is 0 Å². The highest BCUT2D eigenvalue weighted by Crippen LogP contribution is 2.21. The van der Waals surface area contributed by atoms with E-state index < -0.39 is 9.84 Å². The lowest BCUT2D eigenvalue weighted by Gasteiger charge is -2.23. The molecule has 7 heteroatoms. The van der Waals surface area contributed by atoms with Crippen LogP contribution in [0.25, 0.3) is 0 Å². The van der Waals surface area contributed by atoms with Crippen LogP contribution in [0, 0.1) is 6.92 Å². The van der Waals surface area contributed by atoms with E-state index in [1.54, 1.807) is 31.2 Å². The van der Waals surface area contributed by atoms with E-state index in [0.717, 1.165) is 12.2 Å². The van der Waals surface area contributed by atoms with Crippen molar-refractivity contribution in [1.82, 2.24) is 5.32 Å². The molecule has 0 radical (unpaired) electrons. The van der Waals surface area contributed by atoms with Gasteiger partial charge >= 0.3 is 0 Å². The van der Waals surface area contributed by atoms with Crippen LogP contribution in [0.2, 0.25) is 0 Å². The second kappa shape index (κ2) is 9.63. The monoisotopic (exact) mass is 426 g/mol. The molecule has 0 aliphatic carbocycles.